The van der Waals surface area contributed by atoms with E-state index in [1.165, 1.54) is 6.92 Å². The highest BCUT2D eigenvalue weighted by Gasteiger charge is 2.49. The molecule has 0 aromatic heterocycles. The van der Waals surface area contributed by atoms with E-state index in [4.69, 9.17) is 9.47 Å². The third kappa shape index (κ3) is 3.27. The van der Waals surface area contributed by atoms with Gasteiger partial charge in [0.05, 0.1) is 0 Å². The second-order valence-corrected chi connectivity index (χ2v) is 6.12. The van der Waals surface area contributed by atoms with Crippen LogP contribution in [0.25, 0.3) is 0 Å². The molecule has 22 heavy (non-hydrogen) atoms. The summed E-state index contributed by atoms with van der Waals surface area (Å²) in [6.07, 6.45) is -2.72. The number of ether oxygens (including phenoxy) is 2. The van der Waals surface area contributed by atoms with E-state index in [2.05, 4.69) is 0 Å². The zero-order chi connectivity index (χ0) is 16.5. The number of carbonyl (C=O) groups excluding carboxylic acids is 3. The maximum atomic E-state index is 12.3. The van der Waals surface area contributed by atoms with Gasteiger partial charge in [-0.3, -0.25) is 4.79 Å². The second-order valence-electron chi connectivity index (χ2n) is 6.12. The lowest BCUT2D eigenvalue weighted by molar-refractivity contribution is -0.124. The first-order valence-corrected chi connectivity index (χ1v) is 6.99. The summed E-state index contributed by atoms with van der Waals surface area (Å²) in [5.41, 5.74) is -0.119. The average molecular weight is 305 g/mol. The molecule has 1 aromatic carbocycles. The maximum Gasteiger partial charge on any atom is 0.420 e. The molecule has 6 heteroatoms. The Morgan fingerprint density at radius 1 is 1.18 bits per heavy atom. The fourth-order valence-electron chi connectivity index (χ4n) is 2.26. The molecule has 6 nitrogen and oxygen atoms in total. The highest BCUT2D eigenvalue weighted by Crippen LogP contribution is 2.35. The molecule has 0 spiro atoms. The largest absolute Gasteiger partial charge is 0.443 e. The lowest BCUT2D eigenvalue weighted by atomic mass is 9.99. The normalized spacial score (nSPS) is 21.5. The molecule has 2 atom stereocenters. The number of cyclic esters (lactones) is 1. The minimum Gasteiger partial charge on any atom is -0.443 e. The Balaban J connectivity index is 2.39. The van der Waals surface area contributed by atoms with Gasteiger partial charge in [0.25, 0.3) is 0 Å². The molecule has 1 fully saturated rings. The Morgan fingerprint density at radius 2 is 1.77 bits per heavy atom. The molecular formula is C16H19NO5. The molecule has 0 saturated carbocycles. The van der Waals surface area contributed by atoms with E-state index < -0.39 is 29.9 Å². The summed E-state index contributed by atoms with van der Waals surface area (Å²) >= 11 is 0. The van der Waals surface area contributed by atoms with Gasteiger partial charge in [-0.1, -0.05) is 30.3 Å². The minimum absolute atomic E-state index is 0.326. The van der Waals surface area contributed by atoms with E-state index in [-0.39, 0.29) is 5.78 Å². The quantitative estimate of drug-likeness (QED) is 0.839. The number of hydrogen-bond acceptors (Lipinski definition) is 5. The monoisotopic (exact) mass is 305 g/mol. The molecule has 2 amide bonds. The van der Waals surface area contributed by atoms with Gasteiger partial charge in [-0.2, -0.15) is 0 Å². The molecule has 0 unspecified atom stereocenters. The summed E-state index contributed by atoms with van der Waals surface area (Å²) in [4.78, 5) is 37.0. The Bertz CT molecular complexity index is 590. The molecule has 0 N–H and O–H groups in total. The van der Waals surface area contributed by atoms with Gasteiger partial charge in [-0.05, 0) is 33.3 Å². The third-order valence-corrected chi connectivity index (χ3v) is 3.12. The molecule has 0 bridgehead atoms. The zero-order valence-corrected chi connectivity index (χ0v) is 13.0. The fraction of sp³-hybridized carbons (Fsp3) is 0.438. The van der Waals surface area contributed by atoms with Crippen LogP contribution in [0.1, 0.15) is 39.3 Å². The van der Waals surface area contributed by atoms with Crippen molar-refractivity contribution in [1.29, 1.82) is 0 Å². The van der Waals surface area contributed by atoms with Crippen molar-refractivity contribution in [2.45, 2.75) is 45.4 Å². The predicted molar refractivity (Wildman–Crippen MR) is 78.2 cm³/mol. The van der Waals surface area contributed by atoms with Gasteiger partial charge in [0.1, 0.15) is 11.6 Å². The van der Waals surface area contributed by atoms with E-state index in [1.807, 2.05) is 6.07 Å². The molecule has 1 aliphatic heterocycles. The van der Waals surface area contributed by atoms with Crippen LogP contribution in [0.15, 0.2) is 30.3 Å². The van der Waals surface area contributed by atoms with Crippen LogP contribution >= 0.6 is 0 Å². The van der Waals surface area contributed by atoms with Crippen molar-refractivity contribution < 1.29 is 23.9 Å². The Labute approximate surface area is 129 Å². The molecule has 1 saturated heterocycles. The lowest BCUT2D eigenvalue weighted by Crippen LogP contribution is -2.40. The number of rotatable bonds is 2. The van der Waals surface area contributed by atoms with Gasteiger partial charge in [0, 0.05) is 0 Å². The lowest BCUT2D eigenvalue weighted by Gasteiger charge is -2.26. The third-order valence-electron chi connectivity index (χ3n) is 3.12. The number of amides is 2. The smallest absolute Gasteiger partial charge is 0.420 e. The summed E-state index contributed by atoms with van der Waals surface area (Å²) in [5, 5.41) is 0. The first kappa shape index (κ1) is 16.0. The highest BCUT2D eigenvalue weighted by molar-refractivity contribution is 5.95. The number of benzene rings is 1. The number of Topliss-reactive ketones (excluding diaryl/α,β-unsaturated/α-hetero) is 1. The second kappa shape index (κ2) is 5.79. The van der Waals surface area contributed by atoms with Gasteiger partial charge in [-0.25, -0.2) is 14.5 Å². The van der Waals surface area contributed by atoms with E-state index in [9.17, 15) is 14.4 Å². The van der Waals surface area contributed by atoms with E-state index in [0.717, 1.165) is 4.90 Å². The van der Waals surface area contributed by atoms with Crippen molar-refractivity contribution in [3.8, 4) is 0 Å². The molecule has 1 heterocycles. The van der Waals surface area contributed by atoms with Crippen LogP contribution < -0.4 is 0 Å². The van der Waals surface area contributed by atoms with Gasteiger partial charge < -0.3 is 9.47 Å². The average Bonchev–Trinajstić information content (AvgIpc) is 2.75. The van der Waals surface area contributed by atoms with Gasteiger partial charge in [0.2, 0.25) is 0 Å². The SMILES string of the molecule is CC(=O)[C@H]1OC(=O)N(C(=O)OC(C)(C)C)[C@@H]1c1ccccc1. The Hall–Kier alpha value is -2.37. The van der Waals surface area contributed by atoms with Crippen molar-refractivity contribution in [3.63, 3.8) is 0 Å². The van der Waals surface area contributed by atoms with Crippen LogP contribution in [0.2, 0.25) is 0 Å². The van der Waals surface area contributed by atoms with Crippen LogP contribution in [-0.2, 0) is 14.3 Å². The van der Waals surface area contributed by atoms with Crippen LogP contribution in [0, 0.1) is 0 Å². The van der Waals surface area contributed by atoms with Crippen LogP contribution in [-0.4, -0.2) is 34.6 Å². The van der Waals surface area contributed by atoms with Crippen molar-refractivity contribution in [2.75, 3.05) is 0 Å². The van der Waals surface area contributed by atoms with Gasteiger partial charge in [-0.15, -0.1) is 0 Å². The zero-order valence-electron chi connectivity index (χ0n) is 13.0. The topological polar surface area (TPSA) is 72.9 Å². The summed E-state index contributed by atoms with van der Waals surface area (Å²) in [5.74, 6) is -0.326. The van der Waals surface area contributed by atoms with E-state index in [1.54, 1.807) is 45.0 Å². The van der Waals surface area contributed by atoms with Crippen molar-refractivity contribution in [2.24, 2.45) is 0 Å². The molecule has 0 aliphatic carbocycles. The summed E-state index contributed by atoms with van der Waals surface area (Å²) < 4.78 is 10.3. The number of hydrogen-bond donors (Lipinski definition) is 0. The number of nitrogens with zero attached hydrogens (tertiary/aromatic N) is 1. The summed E-state index contributed by atoms with van der Waals surface area (Å²) in [6, 6.07) is 7.99. The maximum absolute atomic E-state index is 12.3. The number of imide groups is 1. The number of carbonyl (C=O) groups is 3. The van der Waals surface area contributed by atoms with Crippen LogP contribution in [0.4, 0.5) is 9.59 Å². The van der Waals surface area contributed by atoms with Gasteiger partial charge >= 0.3 is 12.2 Å². The predicted octanol–water partition coefficient (Wildman–Crippen LogP) is 3.07. The molecular weight excluding hydrogens is 286 g/mol. The van der Waals surface area contributed by atoms with E-state index >= 15 is 0 Å². The van der Waals surface area contributed by atoms with Crippen molar-refractivity contribution in [1.82, 2.24) is 4.90 Å². The summed E-state index contributed by atoms with van der Waals surface area (Å²) in [6.45, 7) is 6.43. The number of ketones is 1. The molecule has 2 rings (SSSR count). The Morgan fingerprint density at radius 3 is 2.27 bits per heavy atom. The Kier molecular flexibility index (Phi) is 4.21. The minimum atomic E-state index is -1.03. The van der Waals surface area contributed by atoms with Crippen LogP contribution in [0.3, 0.4) is 0 Å². The first-order valence-electron chi connectivity index (χ1n) is 6.99. The molecule has 118 valence electrons. The molecule has 1 aliphatic rings. The van der Waals surface area contributed by atoms with E-state index in [0.29, 0.717) is 5.56 Å². The summed E-state index contributed by atoms with van der Waals surface area (Å²) in [7, 11) is 0. The van der Waals surface area contributed by atoms with Crippen molar-refractivity contribution >= 4 is 18.0 Å². The highest BCUT2D eigenvalue weighted by atomic mass is 16.6. The van der Waals surface area contributed by atoms with Crippen LogP contribution in [0.5, 0.6) is 0 Å². The standard InChI is InChI=1S/C16H19NO5/c1-10(18)13-12(11-8-6-5-7-9-11)17(14(19)21-13)15(20)22-16(2,3)4/h5-9,12-13H,1-4H3/t12-,13-/m1/s1. The molecule has 0 radical (unpaired) electrons. The fourth-order valence-corrected chi connectivity index (χ4v) is 2.26. The molecule has 1 aromatic rings. The van der Waals surface area contributed by atoms with Crippen molar-refractivity contribution in [3.05, 3.63) is 35.9 Å². The van der Waals surface area contributed by atoms with Gasteiger partial charge in [0.15, 0.2) is 11.9 Å². The first-order chi connectivity index (χ1) is 10.2.